The molecule has 17 heavy (non-hydrogen) atoms. The third kappa shape index (κ3) is 2.91. The van der Waals surface area contributed by atoms with Gasteiger partial charge in [0.1, 0.15) is 12.0 Å². The van der Waals surface area contributed by atoms with Crippen molar-refractivity contribution < 1.29 is 4.79 Å². The molecule has 2 aromatic rings. The van der Waals surface area contributed by atoms with Crippen LogP contribution in [0, 0.1) is 0 Å². The van der Waals surface area contributed by atoms with Crippen molar-refractivity contribution in [2.75, 3.05) is 11.9 Å². The van der Waals surface area contributed by atoms with Crippen molar-refractivity contribution in [2.45, 2.75) is 0 Å². The second-order valence-electron chi connectivity index (χ2n) is 2.99. The van der Waals surface area contributed by atoms with Crippen molar-refractivity contribution in [3.05, 3.63) is 18.6 Å². The standard InChI is InChI=1S/C8H9N7OS/c16-6(15-17)3-10-8-12-7(13-14-8)5-1-2-9-4-11-5/h1-2,4,17H,3H2,(H,15,16)(H2,10,12,13,14). The molecule has 0 aromatic carbocycles. The summed E-state index contributed by atoms with van der Waals surface area (Å²) in [5, 5.41) is 9.31. The molecule has 2 rings (SSSR count). The molecule has 2 heterocycles. The van der Waals surface area contributed by atoms with Gasteiger partial charge < -0.3 is 10.0 Å². The van der Waals surface area contributed by atoms with Crippen LogP contribution in [0.25, 0.3) is 11.5 Å². The molecule has 88 valence electrons. The van der Waals surface area contributed by atoms with Gasteiger partial charge in [0.05, 0.1) is 6.54 Å². The predicted molar refractivity (Wildman–Crippen MR) is 63.0 cm³/mol. The van der Waals surface area contributed by atoms with E-state index in [0.29, 0.717) is 17.5 Å². The normalized spacial score (nSPS) is 9.94. The van der Waals surface area contributed by atoms with E-state index < -0.39 is 0 Å². The highest BCUT2D eigenvalue weighted by Gasteiger charge is 2.07. The van der Waals surface area contributed by atoms with Crippen molar-refractivity contribution in [1.82, 2.24) is 29.9 Å². The molecule has 0 fully saturated rings. The minimum atomic E-state index is -0.276. The van der Waals surface area contributed by atoms with E-state index in [0.717, 1.165) is 0 Å². The van der Waals surface area contributed by atoms with Crippen molar-refractivity contribution in [1.29, 1.82) is 0 Å². The Morgan fingerprint density at radius 3 is 3.12 bits per heavy atom. The summed E-state index contributed by atoms with van der Waals surface area (Å²) in [6.07, 6.45) is 3.02. The first kappa shape index (κ1) is 11.3. The zero-order valence-electron chi connectivity index (χ0n) is 8.58. The fraction of sp³-hybridized carbons (Fsp3) is 0.125. The molecule has 0 saturated heterocycles. The first-order valence-corrected chi connectivity index (χ1v) is 5.10. The second-order valence-corrected chi connectivity index (χ2v) is 3.21. The maximum Gasteiger partial charge on any atom is 0.249 e. The Hall–Kier alpha value is -2.16. The number of carbonyl (C=O) groups excluding carboxylic acids is 1. The lowest BCUT2D eigenvalue weighted by molar-refractivity contribution is -0.117. The summed E-state index contributed by atoms with van der Waals surface area (Å²) in [4.78, 5) is 22.8. The van der Waals surface area contributed by atoms with E-state index in [1.807, 2.05) is 0 Å². The van der Waals surface area contributed by atoms with Gasteiger partial charge in [-0.3, -0.25) is 9.89 Å². The Bertz CT molecular complexity index is 500. The molecule has 0 aliphatic heterocycles. The molecular weight excluding hydrogens is 242 g/mol. The van der Waals surface area contributed by atoms with E-state index in [9.17, 15) is 4.79 Å². The first-order chi connectivity index (χ1) is 8.29. The first-order valence-electron chi connectivity index (χ1n) is 4.65. The topological polar surface area (TPSA) is 108 Å². The molecule has 0 radical (unpaired) electrons. The maximum atomic E-state index is 10.9. The Labute approximate surface area is 102 Å². The van der Waals surface area contributed by atoms with Crippen LogP contribution in [0.5, 0.6) is 0 Å². The van der Waals surface area contributed by atoms with Crippen LogP contribution in [0.1, 0.15) is 0 Å². The molecule has 8 nitrogen and oxygen atoms in total. The van der Waals surface area contributed by atoms with Crippen LogP contribution in [0.2, 0.25) is 0 Å². The third-order valence-corrected chi connectivity index (χ3v) is 2.09. The highest BCUT2D eigenvalue weighted by Crippen LogP contribution is 2.10. The number of thiol groups is 1. The van der Waals surface area contributed by atoms with Crippen LogP contribution in [0.15, 0.2) is 18.6 Å². The van der Waals surface area contributed by atoms with Crippen LogP contribution >= 0.6 is 12.8 Å². The summed E-state index contributed by atoms with van der Waals surface area (Å²) in [5.74, 6) is 0.540. The fourth-order valence-corrected chi connectivity index (χ4v) is 1.16. The van der Waals surface area contributed by atoms with Crippen molar-refractivity contribution in [3.8, 4) is 11.5 Å². The van der Waals surface area contributed by atoms with Gasteiger partial charge in [-0.15, -0.1) is 5.10 Å². The molecule has 0 saturated carbocycles. The number of nitrogens with zero attached hydrogens (tertiary/aromatic N) is 4. The Morgan fingerprint density at radius 1 is 1.53 bits per heavy atom. The van der Waals surface area contributed by atoms with Gasteiger partial charge in [0.2, 0.25) is 11.9 Å². The molecule has 0 bridgehead atoms. The summed E-state index contributed by atoms with van der Waals surface area (Å²) < 4.78 is 2.18. The molecule has 9 heteroatoms. The summed E-state index contributed by atoms with van der Waals surface area (Å²) >= 11 is 3.62. The predicted octanol–water partition coefficient (Wildman–Crippen LogP) is -0.365. The Balaban J connectivity index is 2.04. The molecular formula is C8H9N7OS. The van der Waals surface area contributed by atoms with Gasteiger partial charge in [-0.2, -0.15) is 4.98 Å². The maximum absolute atomic E-state index is 10.9. The number of aromatic amines is 1. The van der Waals surface area contributed by atoms with Crippen molar-refractivity contribution in [3.63, 3.8) is 0 Å². The second kappa shape index (κ2) is 5.25. The zero-order chi connectivity index (χ0) is 12.1. The van der Waals surface area contributed by atoms with Crippen LogP contribution in [-0.4, -0.2) is 37.6 Å². The number of hydrogen-bond acceptors (Lipinski definition) is 7. The number of nitrogens with one attached hydrogen (secondary N) is 3. The van der Waals surface area contributed by atoms with Crippen LogP contribution in [0.4, 0.5) is 5.95 Å². The van der Waals surface area contributed by atoms with E-state index in [1.165, 1.54) is 6.33 Å². The third-order valence-electron chi connectivity index (χ3n) is 1.84. The highest BCUT2D eigenvalue weighted by molar-refractivity contribution is 7.78. The lowest BCUT2D eigenvalue weighted by Gasteiger charge is -1.98. The number of aromatic nitrogens is 5. The van der Waals surface area contributed by atoms with Crippen molar-refractivity contribution >= 4 is 24.7 Å². The molecule has 0 spiro atoms. The fourth-order valence-electron chi connectivity index (χ4n) is 1.09. The molecule has 0 aliphatic rings. The average Bonchev–Trinajstić information content (AvgIpc) is 2.86. The lowest BCUT2D eigenvalue weighted by Crippen LogP contribution is -2.23. The van der Waals surface area contributed by atoms with Gasteiger partial charge in [0.15, 0.2) is 5.82 Å². The Kier molecular flexibility index (Phi) is 3.50. The van der Waals surface area contributed by atoms with Crippen LogP contribution < -0.4 is 10.0 Å². The smallest absolute Gasteiger partial charge is 0.249 e. The molecule has 0 aliphatic carbocycles. The molecule has 3 N–H and O–H groups in total. The van der Waals surface area contributed by atoms with Gasteiger partial charge in [-0.25, -0.2) is 9.97 Å². The monoisotopic (exact) mass is 251 g/mol. The van der Waals surface area contributed by atoms with Crippen molar-refractivity contribution in [2.24, 2.45) is 0 Å². The van der Waals surface area contributed by atoms with E-state index in [-0.39, 0.29) is 12.5 Å². The number of amides is 1. The number of hydrogen-bond donors (Lipinski definition) is 4. The minimum Gasteiger partial charge on any atom is -0.344 e. The number of anilines is 1. The minimum absolute atomic E-state index is 0.0462. The average molecular weight is 251 g/mol. The molecule has 0 atom stereocenters. The van der Waals surface area contributed by atoms with Gasteiger partial charge in [0.25, 0.3) is 0 Å². The molecule has 1 amide bonds. The van der Waals surface area contributed by atoms with Gasteiger partial charge in [-0.1, -0.05) is 12.8 Å². The van der Waals surface area contributed by atoms with E-state index in [1.54, 1.807) is 12.3 Å². The SMILES string of the molecule is O=C(CNc1n[nH]c(-c2ccncn2)n1)NS. The summed E-state index contributed by atoms with van der Waals surface area (Å²) in [7, 11) is 0. The lowest BCUT2D eigenvalue weighted by atomic mass is 10.4. The summed E-state index contributed by atoms with van der Waals surface area (Å²) in [6, 6.07) is 1.70. The summed E-state index contributed by atoms with van der Waals surface area (Å²) in [6.45, 7) is 0.0462. The summed E-state index contributed by atoms with van der Waals surface area (Å²) in [5.41, 5.74) is 0.624. The van der Waals surface area contributed by atoms with E-state index >= 15 is 0 Å². The van der Waals surface area contributed by atoms with E-state index in [4.69, 9.17) is 0 Å². The van der Waals surface area contributed by atoms with E-state index in [2.05, 4.69) is 48.0 Å². The highest BCUT2D eigenvalue weighted by atomic mass is 32.1. The van der Waals surface area contributed by atoms with Gasteiger partial charge in [-0.05, 0) is 6.07 Å². The van der Waals surface area contributed by atoms with Gasteiger partial charge in [0, 0.05) is 6.20 Å². The number of carbonyl (C=O) groups is 1. The number of rotatable bonds is 4. The number of H-pyrrole nitrogens is 1. The Morgan fingerprint density at radius 2 is 2.41 bits per heavy atom. The molecule has 2 aromatic heterocycles. The molecule has 0 unspecified atom stereocenters. The van der Waals surface area contributed by atoms with Gasteiger partial charge >= 0.3 is 0 Å². The van der Waals surface area contributed by atoms with Crippen LogP contribution in [-0.2, 0) is 4.79 Å². The van der Waals surface area contributed by atoms with Crippen LogP contribution in [0.3, 0.4) is 0 Å². The largest absolute Gasteiger partial charge is 0.344 e. The zero-order valence-corrected chi connectivity index (χ0v) is 9.48. The quantitative estimate of drug-likeness (QED) is 0.552.